The van der Waals surface area contributed by atoms with Gasteiger partial charge in [-0.15, -0.1) is 0 Å². The van der Waals surface area contributed by atoms with Crippen LogP contribution in [0.25, 0.3) is 22.0 Å². The van der Waals surface area contributed by atoms with E-state index in [1.54, 1.807) is 6.26 Å². The highest BCUT2D eigenvalue weighted by atomic mass is 16.3. The Hall–Kier alpha value is -2.09. The average molecular weight is 223 g/mol. The standard InChI is InChI=1S/C15H13NO/c1-2-15-16-14(10-17-15)13-9-5-7-11-6-3-4-8-12(11)13/h3-10H,2H2,1H3. The number of aromatic nitrogens is 1. The van der Waals surface area contributed by atoms with Crippen LogP contribution in [0.3, 0.4) is 0 Å². The van der Waals surface area contributed by atoms with Crippen LogP contribution in [0, 0.1) is 0 Å². The topological polar surface area (TPSA) is 26.0 Å². The van der Waals surface area contributed by atoms with Gasteiger partial charge in [-0.3, -0.25) is 0 Å². The molecule has 17 heavy (non-hydrogen) atoms. The van der Waals surface area contributed by atoms with Gasteiger partial charge in [0.2, 0.25) is 0 Å². The molecule has 0 radical (unpaired) electrons. The highest BCUT2D eigenvalue weighted by Crippen LogP contribution is 2.27. The van der Waals surface area contributed by atoms with Crippen molar-refractivity contribution in [3.63, 3.8) is 0 Å². The van der Waals surface area contributed by atoms with Gasteiger partial charge in [-0.2, -0.15) is 0 Å². The largest absolute Gasteiger partial charge is 0.448 e. The molecule has 0 fully saturated rings. The van der Waals surface area contributed by atoms with Crippen LogP contribution in [0.4, 0.5) is 0 Å². The summed E-state index contributed by atoms with van der Waals surface area (Å²) in [7, 11) is 0. The van der Waals surface area contributed by atoms with E-state index in [1.807, 2.05) is 19.1 Å². The SMILES string of the molecule is CCc1nc(-c2cccc3ccccc23)co1. The van der Waals surface area contributed by atoms with Gasteiger partial charge in [0.1, 0.15) is 12.0 Å². The number of hydrogen-bond acceptors (Lipinski definition) is 2. The van der Waals surface area contributed by atoms with Gasteiger partial charge in [0.05, 0.1) is 0 Å². The van der Waals surface area contributed by atoms with Crippen molar-refractivity contribution in [2.45, 2.75) is 13.3 Å². The monoisotopic (exact) mass is 223 g/mol. The Balaban J connectivity index is 2.23. The molecule has 0 amide bonds. The van der Waals surface area contributed by atoms with Crippen LogP contribution in [0.2, 0.25) is 0 Å². The molecule has 0 N–H and O–H groups in total. The molecule has 1 aromatic heterocycles. The lowest BCUT2D eigenvalue weighted by molar-refractivity contribution is 0.502. The summed E-state index contributed by atoms with van der Waals surface area (Å²) in [6.45, 7) is 2.04. The molecule has 0 unspecified atom stereocenters. The Morgan fingerprint density at radius 1 is 1.06 bits per heavy atom. The second kappa shape index (κ2) is 4.06. The predicted molar refractivity (Wildman–Crippen MR) is 68.8 cm³/mol. The molecule has 0 saturated carbocycles. The van der Waals surface area contributed by atoms with Gasteiger partial charge in [-0.25, -0.2) is 4.98 Å². The van der Waals surface area contributed by atoms with Crippen molar-refractivity contribution in [2.75, 3.05) is 0 Å². The zero-order valence-electron chi connectivity index (χ0n) is 9.68. The molecule has 3 aromatic rings. The highest BCUT2D eigenvalue weighted by Gasteiger charge is 2.07. The molecule has 0 bridgehead atoms. The maximum atomic E-state index is 5.41. The van der Waals surface area contributed by atoms with E-state index < -0.39 is 0 Å². The first kappa shape index (κ1) is 10.1. The van der Waals surface area contributed by atoms with E-state index in [4.69, 9.17) is 4.42 Å². The summed E-state index contributed by atoms with van der Waals surface area (Å²) >= 11 is 0. The third-order valence-electron chi connectivity index (χ3n) is 2.92. The van der Waals surface area contributed by atoms with E-state index in [2.05, 4.69) is 35.3 Å². The lowest BCUT2D eigenvalue weighted by Crippen LogP contribution is -1.83. The summed E-state index contributed by atoms with van der Waals surface area (Å²) in [5.74, 6) is 0.785. The minimum atomic E-state index is 0.785. The molecule has 0 saturated heterocycles. The molecule has 0 spiro atoms. The molecular weight excluding hydrogens is 210 g/mol. The molecule has 0 aliphatic heterocycles. The summed E-state index contributed by atoms with van der Waals surface area (Å²) in [5, 5.41) is 2.44. The van der Waals surface area contributed by atoms with Crippen LogP contribution < -0.4 is 0 Å². The minimum absolute atomic E-state index is 0.785. The lowest BCUT2D eigenvalue weighted by atomic mass is 10.0. The van der Waals surface area contributed by atoms with Crippen LogP contribution in [0.5, 0.6) is 0 Å². The summed E-state index contributed by atoms with van der Waals surface area (Å²) in [6, 6.07) is 14.6. The van der Waals surface area contributed by atoms with Gasteiger partial charge >= 0.3 is 0 Å². The molecular formula is C15H13NO. The summed E-state index contributed by atoms with van der Waals surface area (Å²) < 4.78 is 5.41. The van der Waals surface area contributed by atoms with Gasteiger partial charge in [-0.1, -0.05) is 49.4 Å². The van der Waals surface area contributed by atoms with Crippen LogP contribution in [-0.4, -0.2) is 4.98 Å². The average Bonchev–Trinajstić information content (AvgIpc) is 2.87. The van der Waals surface area contributed by atoms with Gasteiger partial charge in [0, 0.05) is 12.0 Å². The molecule has 1 heterocycles. The molecule has 2 aromatic carbocycles. The summed E-state index contributed by atoms with van der Waals surface area (Å²) in [5.41, 5.74) is 2.05. The molecule has 2 heteroatoms. The number of oxazole rings is 1. The van der Waals surface area contributed by atoms with E-state index in [1.165, 1.54) is 10.8 Å². The van der Waals surface area contributed by atoms with Crippen molar-refractivity contribution in [3.8, 4) is 11.3 Å². The van der Waals surface area contributed by atoms with Crippen molar-refractivity contribution in [2.24, 2.45) is 0 Å². The molecule has 3 rings (SSSR count). The van der Waals surface area contributed by atoms with E-state index in [-0.39, 0.29) is 0 Å². The smallest absolute Gasteiger partial charge is 0.194 e. The Labute approximate surface area is 99.9 Å². The van der Waals surface area contributed by atoms with Crippen LogP contribution in [0.15, 0.2) is 53.1 Å². The van der Waals surface area contributed by atoms with Crippen molar-refractivity contribution < 1.29 is 4.42 Å². The fraction of sp³-hybridized carbons (Fsp3) is 0.133. The van der Waals surface area contributed by atoms with E-state index >= 15 is 0 Å². The van der Waals surface area contributed by atoms with Crippen molar-refractivity contribution in [3.05, 3.63) is 54.6 Å². The molecule has 84 valence electrons. The van der Waals surface area contributed by atoms with Crippen molar-refractivity contribution in [1.82, 2.24) is 4.98 Å². The highest BCUT2D eigenvalue weighted by molar-refractivity contribution is 5.95. The molecule has 0 atom stereocenters. The third kappa shape index (κ3) is 1.72. The number of benzene rings is 2. The van der Waals surface area contributed by atoms with E-state index in [0.29, 0.717) is 0 Å². The van der Waals surface area contributed by atoms with E-state index in [9.17, 15) is 0 Å². The van der Waals surface area contributed by atoms with Gasteiger partial charge in [-0.05, 0) is 10.8 Å². The molecule has 2 nitrogen and oxygen atoms in total. The first-order chi connectivity index (χ1) is 8.38. The first-order valence-electron chi connectivity index (χ1n) is 5.81. The fourth-order valence-corrected chi connectivity index (χ4v) is 2.05. The Bertz CT molecular complexity index is 649. The number of rotatable bonds is 2. The van der Waals surface area contributed by atoms with Gasteiger partial charge in [0.25, 0.3) is 0 Å². The first-order valence-corrected chi connectivity index (χ1v) is 5.81. The Morgan fingerprint density at radius 3 is 2.71 bits per heavy atom. The van der Waals surface area contributed by atoms with Crippen molar-refractivity contribution in [1.29, 1.82) is 0 Å². The van der Waals surface area contributed by atoms with Gasteiger partial charge < -0.3 is 4.42 Å². The Morgan fingerprint density at radius 2 is 1.88 bits per heavy atom. The number of fused-ring (bicyclic) bond motifs is 1. The van der Waals surface area contributed by atoms with Crippen LogP contribution in [0.1, 0.15) is 12.8 Å². The minimum Gasteiger partial charge on any atom is -0.448 e. The molecule has 0 aliphatic rings. The lowest BCUT2D eigenvalue weighted by Gasteiger charge is -2.02. The zero-order chi connectivity index (χ0) is 11.7. The molecule has 0 aliphatic carbocycles. The predicted octanol–water partition coefficient (Wildman–Crippen LogP) is 4.06. The second-order valence-corrected chi connectivity index (χ2v) is 4.01. The number of nitrogens with zero attached hydrogens (tertiary/aromatic N) is 1. The normalized spacial score (nSPS) is 10.9. The summed E-state index contributed by atoms with van der Waals surface area (Å²) in [6.07, 6.45) is 2.56. The summed E-state index contributed by atoms with van der Waals surface area (Å²) in [4.78, 5) is 4.48. The maximum absolute atomic E-state index is 5.41. The van der Waals surface area contributed by atoms with Gasteiger partial charge in [0.15, 0.2) is 5.89 Å². The quantitative estimate of drug-likeness (QED) is 0.654. The zero-order valence-corrected chi connectivity index (χ0v) is 9.68. The fourth-order valence-electron chi connectivity index (χ4n) is 2.05. The van der Waals surface area contributed by atoms with Crippen LogP contribution in [-0.2, 0) is 6.42 Å². The number of aryl methyl sites for hydroxylation is 1. The van der Waals surface area contributed by atoms with Crippen LogP contribution >= 0.6 is 0 Å². The van der Waals surface area contributed by atoms with E-state index in [0.717, 1.165) is 23.6 Å². The van der Waals surface area contributed by atoms with Crippen molar-refractivity contribution >= 4 is 10.8 Å². The Kier molecular flexibility index (Phi) is 2.41. The third-order valence-corrected chi connectivity index (χ3v) is 2.92. The maximum Gasteiger partial charge on any atom is 0.194 e. The number of hydrogen-bond donors (Lipinski definition) is 0. The second-order valence-electron chi connectivity index (χ2n) is 4.01.